The lowest BCUT2D eigenvalue weighted by atomic mass is 10.1. The number of esters is 1. The fourth-order valence-electron chi connectivity index (χ4n) is 3.64. The van der Waals surface area contributed by atoms with Gasteiger partial charge in [-0.05, 0) is 44.2 Å². The molecular formula is C24H24N2O7. The zero-order valence-electron chi connectivity index (χ0n) is 18.3. The van der Waals surface area contributed by atoms with Crippen LogP contribution in [0.15, 0.2) is 53.1 Å². The number of hydrogen-bond donors (Lipinski definition) is 1. The number of carbonyl (C=O) groups is 3. The van der Waals surface area contributed by atoms with Gasteiger partial charge in [-0.25, -0.2) is 0 Å². The number of aryl methyl sites for hydroxylation is 1. The number of Topliss-reactive ketones (excluding diaryl/α,β-unsaturated/α-hetero) is 1. The van der Waals surface area contributed by atoms with E-state index in [0.29, 0.717) is 30.2 Å². The lowest BCUT2D eigenvalue weighted by Gasteiger charge is -2.27. The molecule has 3 heterocycles. The van der Waals surface area contributed by atoms with Gasteiger partial charge in [-0.3, -0.25) is 14.4 Å². The first-order valence-electron chi connectivity index (χ1n) is 10.5. The van der Waals surface area contributed by atoms with E-state index in [1.54, 1.807) is 12.1 Å². The Bertz CT molecular complexity index is 1160. The number of nitrogens with zero attached hydrogens (tertiary/aromatic N) is 1. The Labute approximate surface area is 190 Å². The fourth-order valence-corrected chi connectivity index (χ4v) is 3.64. The molecule has 172 valence electrons. The Hall–Kier alpha value is -4.01. The van der Waals surface area contributed by atoms with Gasteiger partial charge < -0.3 is 28.5 Å². The summed E-state index contributed by atoms with van der Waals surface area (Å²) in [4.78, 5) is 36.4. The molecule has 9 heteroatoms. The summed E-state index contributed by atoms with van der Waals surface area (Å²) in [6, 6.07) is 12.3. The normalized spacial score (nSPS) is 14.5. The zero-order valence-corrected chi connectivity index (χ0v) is 18.3. The highest BCUT2D eigenvalue weighted by Crippen LogP contribution is 2.31. The van der Waals surface area contributed by atoms with Crippen molar-refractivity contribution in [3.8, 4) is 11.5 Å². The van der Waals surface area contributed by atoms with Crippen LogP contribution >= 0.6 is 0 Å². The third-order valence-corrected chi connectivity index (χ3v) is 5.33. The molecule has 1 aliphatic heterocycles. The SMILES string of the molecule is Cc1cc(C(=O)COC(=O)CNC(=O)c2ccco2)c(C)n1C[C@@H]1COc2ccccc2O1. The van der Waals surface area contributed by atoms with Gasteiger partial charge in [0.25, 0.3) is 5.91 Å². The lowest BCUT2D eigenvalue weighted by Crippen LogP contribution is -2.33. The number of rotatable bonds is 8. The average Bonchev–Trinajstić information content (AvgIpc) is 3.45. The second kappa shape index (κ2) is 9.64. The molecule has 3 aromatic rings. The molecule has 1 aromatic carbocycles. The van der Waals surface area contributed by atoms with Gasteiger partial charge >= 0.3 is 5.97 Å². The molecule has 1 aliphatic rings. The van der Waals surface area contributed by atoms with Crippen LogP contribution in [0.25, 0.3) is 0 Å². The summed E-state index contributed by atoms with van der Waals surface area (Å²) < 4.78 is 23.8. The summed E-state index contributed by atoms with van der Waals surface area (Å²) in [7, 11) is 0. The Morgan fingerprint density at radius 2 is 1.91 bits per heavy atom. The van der Waals surface area contributed by atoms with Gasteiger partial charge in [0.2, 0.25) is 5.78 Å². The van der Waals surface area contributed by atoms with Gasteiger partial charge in [0.05, 0.1) is 12.8 Å². The van der Waals surface area contributed by atoms with Gasteiger partial charge in [0, 0.05) is 17.0 Å². The molecular weight excluding hydrogens is 428 g/mol. The van der Waals surface area contributed by atoms with Gasteiger partial charge in [-0.2, -0.15) is 0 Å². The van der Waals surface area contributed by atoms with Gasteiger partial charge in [-0.1, -0.05) is 12.1 Å². The summed E-state index contributed by atoms with van der Waals surface area (Å²) >= 11 is 0. The standard InChI is InChI=1S/C24H24N2O7/c1-15-10-18(19(27)14-32-23(28)11-25-24(29)22-8-5-9-30-22)16(2)26(15)12-17-13-31-20-6-3-4-7-21(20)33-17/h3-10,17H,11-14H2,1-2H3,(H,25,29)/t17-/m1/s1. The third-order valence-electron chi connectivity index (χ3n) is 5.33. The van der Waals surface area contributed by atoms with Crippen molar-refractivity contribution in [2.45, 2.75) is 26.5 Å². The van der Waals surface area contributed by atoms with Crippen LogP contribution in [-0.4, -0.2) is 48.1 Å². The number of ether oxygens (including phenoxy) is 3. The molecule has 2 aromatic heterocycles. The predicted octanol–water partition coefficient (Wildman–Crippen LogP) is 2.69. The Morgan fingerprint density at radius 1 is 1.12 bits per heavy atom. The number of fused-ring (bicyclic) bond motifs is 1. The number of para-hydroxylation sites is 2. The molecule has 33 heavy (non-hydrogen) atoms. The molecule has 9 nitrogen and oxygen atoms in total. The van der Waals surface area contributed by atoms with Crippen LogP contribution in [0.2, 0.25) is 0 Å². The van der Waals surface area contributed by atoms with E-state index >= 15 is 0 Å². The molecule has 0 bridgehead atoms. The molecule has 1 N–H and O–H groups in total. The largest absolute Gasteiger partial charge is 0.486 e. The minimum Gasteiger partial charge on any atom is -0.486 e. The first kappa shape index (κ1) is 22.2. The number of amides is 1. The highest BCUT2D eigenvalue weighted by Gasteiger charge is 2.24. The van der Waals surface area contributed by atoms with Crippen LogP contribution in [-0.2, 0) is 16.1 Å². The molecule has 4 rings (SSSR count). The van der Waals surface area contributed by atoms with Crippen molar-refractivity contribution in [3.05, 3.63) is 71.4 Å². The number of benzene rings is 1. The van der Waals surface area contributed by atoms with Crippen molar-refractivity contribution in [1.82, 2.24) is 9.88 Å². The van der Waals surface area contributed by atoms with E-state index in [1.165, 1.54) is 12.3 Å². The topological polar surface area (TPSA) is 109 Å². The first-order chi connectivity index (χ1) is 15.9. The molecule has 1 atom stereocenters. The van der Waals surface area contributed by atoms with E-state index < -0.39 is 18.5 Å². The third kappa shape index (κ3) is 5.08. The zero-order chi connectivity index (χ0) is 23.4. The van der Waals surface area contributed by atoms with Crippen molar-refractivity contribution >= 4 is 17.7 Å². The minimum atomic E-state index is -0.719. The van der Waals surface area contributed by atoms with Crippen LogP contribution in [0.1, 0.15) is 32.3 Å². The molecule has 1 amide bonds. The number of carbonyl (C=O) groups excluding carboxylic acids is 3. The number of aromatic nitrogens is 1. The number of ketones is 1. The highest BCUT2D eigenvalue weighted by atomic mass is 16.6. The summed E-state index contributed by atoms with van der Waals surface area (Å²) in [6.07, 6.45) is 1.15. The van der Waals surface area contributed by atoms with E-state index in [2.05, 4.69) is 5.32 Å². The van der Waals surface area contributed by atoms with Crippen LogP contribution in [0.3, 0.4) is 0 Å². The highest BCUT2D eigenvalue weighted by molar-refractivity contribution is 5.99. The Balaban J connectivity index is 1.31. The van der Waals surface area contributed by atoms with Gasteiger partial charge in [0.1, 0.15) is 13.2 Å². The maximum Gasteiger partial charge on any atom is 0.325 e. The number of furan rings is 1. The second-order valence-electron chi connectivity index (χ2n) is 7.64. The first-order valence-corrected chi connectivity index (χ1v) is 10.5. The van der Waals surface area contributed by atoms with E-state index in [4.69, 9.17) is 18.6 Å². The van der Waals surface area contributed by atoms with E-state index in [-0.39, 0.29) is 24.2 Å². The van der Waals surface area contributed by atoms with E-state index in [9.17, 15) is 14.4 Å². The monoisotopic (exact) mass is 452 g/mol. The van der Waals surface area contributed by atoms with Crippen LogP contribution in [0.4, 0.5) is 0 Å². The second-order valence-corrected chi connectivity index (χ2v) is 7.64. The predicted molar refractivity (Wildman–Crippen MR) is 117 cm³/mol. The molecule has 0 saturated heterocycles. The summed E-state index contributed by atoms with van der Waals surface area (Å²) in [5.74, 6) is -0.0912. The lowest BCUT2D eigenvalue weighted by molar-refractivity contribution is -0.141. The maximum atomic E-state index is 12.7. The van der Waals surface area contributed by atoms with Crippen LogP contribution < -0.4 is 14.8 Å². The van der Waals surface area contributed by atoms with Gasteiger partial charge in [0.15, 0.2) is 30.0 Å². The van der Waals surface area contributed by atoms with Crippen molar-refractivity contribution < 1.29 is 33.0 Å². The fraction of sp³-hybridized carbons (Fsp3) is 0.292. The van der Waals surface area contributed by atoms with Crippen molar-refractivity contribution in [2.24, 2.45) is 0 Å². The smallest absolute Gasteiger partial charge is 0.325 e. The number of nitrogens with one attached hydrogen (secondary N) is 1. The average molecular weight is 452 g/mol. The van der Waals surface area contributed by atoms with Crippen LogP contribution in [0.5, 0.6) is 11.5 Å². The molecule has 0 radical (unpaired) electrons. The Kier molecular flexibility index (Phi) is 6.48. The molecule has 0 aliphatic carbocycles. The quantitative estimate of drug-likeness (QED) is 0.413. The van der Waals surface area contributed by atoms with Gasteiger partial charge in [-0.15, -0.1) is 0 Å². The maximum absolute atomic E-state index is 12.7. The summed E-state index contributed by atoms with van der Waals surface area (Å²) in [6.45, 7) is 3.86. The summed E-state index contributed by atoms with van der Waals surface area (Å²) in [5.41, 5.74) is 2.11. The van der Waals surface area contributed by atoms with Crippen LogP contribution in [0, 0.1) is 13.8 Å². The molecule has 0 spiro atoms. The minimum absolute atomic E-state index is 0.0853. The molecule has 0 fully saturated rings. The Morgan fingerprint density at radius 3 is 2.67 bits per heavy atom. The van der Waals surface area contributed by atoms with Crippen molar-refractivity contribution in [1.29, 1.82) is 0 Å². The summed E-state index contributed by atoms with van der Waals surface area (Å²) in [5, 5.41) is 2.38. The number of hydrogen-bond acceptors (Lipinski definition) is 7. The van der Waals surface area contributed by atoms with E-state index in [1.807, 2.05) is 42.7 Å². The van der Waals surface area contributed by atoms with Crippen molar-refractivity contribution in [2.75, 3.05) is 19.8 Å². The molecule has 0 saturated carbocycles. The van der Waals surface area contributed by atoms with Crippen molar-refractivity contribution in [3.63, 3.8) is 0 Å². The van der Waals surface area contributed by atoms with E-state index in [0.717, 1.165) is 11.4 Å². The molecule has 0 unspecified atom stereocenters.